The van der Waals surface area contributed by atoms with Crippen molar-refractivity contribution in [3.05, 3.63) is 42.5 Å². The Morgan fingerprint density at radius 1 is 1.13 bits per heavy atom. The van der Waals surface area contributed by atoms with Gasteiger partial charge in [-0.2, -0.15) is 0 Å². The third-order valence-corrected chi connectivity index (χ3v) is 10.4. The first-order valence-corrected chi connectivity index (χ1v) is 13.4. The van der Waals surface area contributed by atoms with E-state index in [-0.39, 0.29) is 5.04 Å². The third kappa shape index (κ3) is 6.15. The molecule has 0 spiro atoms. The topological polar surface area (TPSA) is 66.4 Å². The second kappa shape index (κ2) is 10.4. The summed E-state index contributed by atoms with van der Waals surface area (Å²) < 4.78 is 29.9. The maximum absolute atomic E-state index is 10.9. The molecule has 1 N–H and O–H groups in total. The summed E-state index contributed by atoms with van der Waals surface area (Å²) >= 11 is 0. The van der Waals surface area contributed by atoms with Gasteiger partial charge < -0.3 is 28.5 Å². The maximum atomic E-state index is 10.9. The second-order valence-corrected chi connectivity index (χ2v) is 14.0. The lowest BCUT2D eigenvalue weighted by Gasteiger charge is -2.48. The number of aliphatic hydroxyl groups is 1. The summed E-state index contributed by atoms with van der Waals surface area (Å²) in [5, 5.41) is 10.9. The SMILES string of the molecule is C=CCO[C@H]1O[C@H](C)[C@H](O)[C@H](OCc2ccc(OC)cc2)[C@H]1O[Si](C)(C)C(C)(C)C. The fourth-order valence-corrected chi connectivity index (χ4v) is 4.31. The van der Waals surface area contributed by atoms with E-state index in [4.69, 9.17) is 23.4 Å². The number of benzene rings is 1. The van der Waals surface area contributed by atoms with Gasteiger partial charge in [0.05, 0.1) is 26.4 Å². The third-order valence-electron chi connectivity index (χ3n) is 5.98. The average Bonchev–Trinajstić information content (AvgIpc) is 2.68. The van der Waals surface area contributed by atoms with Gasteiger partial charge in [0, 0.05) is 0 Å². The van der Waals surface area contributed by atoms with Crippen molar-refractivity contribution in [3.8, 4) is 5.75 Å². The van der Waals surface area contributed by atoms with E-state index in [9.17, 15) is 5.11 Å². The first-order chi connectivity index (χ1) is 14.0. The van der Waals surface area contributed by atoms with E-state index in [1.54, 1.807) is 13.2 Å². The van der Waals surface area contributed by atoms with Crippen LogP contribution in [-0.2, 0) is 25.2 Å². The van der Waals surface area contributed by atoms with Crippen LogP contribution in [0.2, 0.25) is 18.1 Å². The fourth-order valence-electron chi connectivity index (χ4n) is 3.03. The van der Waals surface area contributed by atoms with Gasteiger partial charge in [0.15, 0.2) is 14.6 Å². The van der Waals surface area contributed by atoms with Gasteiger partial charge in [-0.25, -0.2) is 0 Å². The number of aliphatic hydroxyl groups excluding tert-OH is 1. The molecular formula is C23H38O6Si. The van der Waals surface area contributed by atoms with Crippen LogP contribution in [0.5, 0.6) is 5.75 Å². The predicted octanol–water partition coefficient (Wildman–Crippen LogP) is 4.28. The Morgan fingerprint density at radius 3 is 2.30 bits per heavy atom. The minimum Gasteiger partial charge on any atom is -0.497 e. The van der Waals surface area contributed by atoms with Crippen molar-refractivity contribution in [1.82, 2.24) is 0 Å². The molecular weight excluding hydrogens is 400 g/mol. The molecule has 1 aliphatic heterocycles. The van der Waals surface area contributed by atoms with Crippen LogP contribution in [0.25, 0.3) is 0 Å². The highest BCUT2D eigenvalue weighted by Gasteiger charge is 2.50. The van der Waals surface area contributed by atoms with Gasteiger partial charge in [0.2, 0.25) is 0 Å². The highest BCUT2D eigenvalue weighted by atomic mass is 28.4. The molecule has 1 fully saturated rings. The van der Waals surface area contributed by atoms with E-state index in [2.05, 4.69) is 40.4 Å². The number of hydrogen-bond donors (Lipinski definition) is 1. The van der Waals surface area contributed by atoms with Crippen LogP contribution in [0.4, 0.5) is 0 Å². The molecule has 0 amide bonds. The molecule has 0 unspecified atom stereocenters. The lowest BCUT2D eigenvalue weighted by atomic mass is 9.99. The molecule has 0 saturated carbocycles. The van der Waals surface area contributed by atoms with Crippen LogP contribution in [0.1, 0.15) is 33.3 Å². The Bertz CT molecular complexity index is 669. The van der Waals surface area contributed by atoms with Crippen LogP contribution in [-0.4, -0.2) is 57.8 Å². The molecule has 1 aromatic carbocycles. The van der Waals surface area contributed by atoms with Crippen molar-refractivity contribution in [3.63, 3.8) is 0 Å². The van der Waals surface area contributed by atoms with Gasteiger partial charge in [-0.15, -0.1) is 6.58 Å². The van der Waals surface area contributed by atoms with Gasteiger partial charge in [0.1, 0.15) is 24.1 Å². The van der Waals surface area contributed by atoms with Gasteiger partial charge in [-0.3, -0.25) is 0 Å². The number of ether oxygens (including phenoxy) is 4. The van der Waals surface area contributed by atoms with Crippen LogP contribution >= 0.6 is 0 Å². The van der Waals surface area contributed by atoms with Crippen LogP contribution in [0, 0.1) is 0 Å². The van der Waals surface area contributed by atoms with Crippen molar-refractivity contribution in [2.24, 2.45) is 0 Å². The normalized spacial score (nSPS) is 27.7. The lowest BCUT2D eigenvalue weighted by Crippen LogP contribution is -2.62. The van der Waals surface area contributed by atoms with E-state index in [1.165, 1.54) is 0 Å². The molecule has 170 valence electrons. The first kappa shape index (κ1) is 25.0. The van der Waals surface area contributed by atoms with Crippen molar-refractivity contribution in [2.75, 3.05) is 13.7 Å². The molecule has 0 aliphatic carbocycles. The molecule has 0 aromatic heterocycles. The Hall–Kier alpha value is -1.22. The largest absolute Gasteiger partial charge is 0.497 e. The summed E-state index contributed by atoms with van der Waals surface area (Å²) in [5.41, 5.74) is 0.983. The van der Waals surface area contributed by atoms with Crippen LogP contribution < -0.4 is 4.74 Å². The summed E-state index contributed by atoms with van der Waals surface area (Å²) in [6.07, 6.45) is -1.37. The zero-order valence-electron chi connectivity index (χ0n) is 19.4. The number of hydrogen-bond acceptors (Lipinski definition) is 6. The summed E-state index contributed by atoms with van der Waals surface area (Å²) in [5.74, 6) is 0.787. The first-order valence-electron chi connectivity index (χ1n) is 10.5. The van der Waals surface area contributed by atoms with E-state index < -0.39 is 39.0 Å². The Balaban J connectivity index is 2.25. The van der Waals surface area contributed by atoms with E-state index in [1.807, 2.05) is 31.2 Å². The average molecular weight is 439 g/mol. The molecule has 7 heteroatoms. The van der Waals surface area contributed by atoms with Gasteiger partial charge in [-0.05, 0) is 42.8 Å². The summed E-state index contributed by atoms with van der Waals surface area (Å²) in [4.78, 5) is 0. The van der Waals surface area contributed by atoms with Crippen molar-refractivity contribution in [2.45, 2.75) is 83.1 Å². The molecule has 0 radical (unpaired) electrons. The van der Waals surface area contributed by atoms with E-state index in [0.717, 1.165) is 11.3 Å². The molecule has 2 rings (SSSR count). The van der Waals surface area contributed by atoms with Crippen LogP contribution in [0.3, 0.4) is 0 Å². The molecule has 1 aliphatic rings. The fraction of sp³-hybridized carbons (Fsp3) is 0.652. The molecule has 30 heavy (non-hydrogen) atoms. The molecule has 1 saturated heterocycles. The highest BCUT2D eigenvalue weighted by Crippen LogP contribution is 2.40. The Kier molecular flexibility index (Phi) is 8.67. The van der Waals surface area contributed by atoms with E-state index >= 15 is 0 Å². The minimum atomic E-state index is -2.18. The Morgan fingerprint density at radius 2 is 1.77 bits per heavy atom. The Labute approximate surface area is 182 Å². The zero-order valence-corrected chi connectivity index (χ0v) is 20.4. The van der Waals surface area contributed by atoms with Crippen molar-refractivity contribution < 1.29 is 28.5 Å². The summed E-state index contributed by atoms with van der Waals surface area (Å²) in [7, 11) is -0.545. The second-order valence-electron chi connectivity index (χ2n) is 9.29. The predicted molar refractivity (Wildman–Crippen MR) is 120 cm³/mol. The number of methoxy groups -OCH3 is 1. The van der Waals surface area contributed by atoms with Gasteiger partial charge >= 0.3 is 0 Å². The highest BCUT2D eigenvalue weighted by molar-refractivity contribution is 6.74. The minimum absolute atomic E-state index is 0.00939. The molecule has 5 atom stereocenters. The van der Waals surface area contributed by atoms with Gasteiger partial charge in [-0.1, -0.05) is 39.0 Å². The monoisotopic (exact) mass is 438 g/mol. The van der Waals surface area contributed by atoms with Crippen molar-refractivity contribution >= 4 is 8.32 Å². The zero-order chi connectivity index (χ0) is 22.5. The van der Waals surface area contributed by atoms with Gasteiger partial charge in [0.25, 0.3) is 0 Å². The molecule has 6 nitrogen and oxygen atoms in total. The summed E-state index contributed by atoms with van der Waals surface area (Å²) in [6, 6.07) is 7.68. The molecule has 1 aromatic rings. The van der Waals surface area contributed by atoms with Crippen molar-refractivity contribution in [1.29, 1.82) is 0 Å². The molecule has 0 bridgehead atoms. The lowest BCUT2D eigenvalue weighted by molar-refractivity contribution is -0.295. The quantitative estimate of drug-likeness (QED) is 0.459. The summed E-state index contributed by atoms with van der Waals surface area (Å²) in [6.45, 7) is 17.1. The molecule has 1 heterocycles. The number of rotatable bonds is 9. The van der Waals surface area contributed by atoms with Crippen LogP contribution in [0.15, 0.2) is 36.9 Å². The maximum Gasteiger partial charge on any atom is 0.192 e. The smallest absolute Gasteiger partial charge is 0.192 e. The van der Waals surface area contributed by atoms with E-state index in [0.29, 0.717) is 13.2 Å². The standard InChI is InChI=1S/C23H38O6Si/c1-9-14-26-22-21(29-30(7,8)23(3,4)5)20(19(24)16(2)28-22)27-15-17-10-12-18(25-6)13-11-17/h9-13,16,19-22,24H,1,14-15H2,2-8H3/t16-,19+,20+,21-,22+/m1/s1.